The van der Waals surface area contributed by atoms with Gasteiger partial charge in [0.2, 0.25) is 9.84 Å². The molecule has 0 amide bonds. The summed E-state index contributed by atoms with van der Waals surface area (Å²) in [6.45, 7) is 21.2. The number of hydrogen-bond donors (Lipinski definition) is 0. The van der Waals surface area contributed by atoms with E-state index in [1.165, 1.54) is 22.3 Å². The van der Waals surface area contributed by atoms with Crippen LogP contribution in [-0.2, 0) is 9.84 Å². The molecule has 0 aliphatic carbocycles. The molecular weight excluding hydrogens is 579 g/mol. The average molecular weight is 623 g/mol. The normalized spacial score (nSPS) is 12.2. The summed E-state index contributed by atoms with van der Waals surface area (Å²) >= 11 is 0. The van der Waals surface area contributed by atoms with E-state index in [0.717, 1.165) is 16.8 Å². The second kappa shape index (κ2) is 12.6. The predicted octanol–water partition coefficient (Wildman–Crippen LogP) is 9.51. The molecule has 0 saturated heterocycles. The van der Waals surface area contributed by atoms with E-state index < -0.39 is 9.84 Å². The molecular formula is C38H44N3O3S+. The number of nitrogens with zero attached hydrogens (tertiary/aromatic N) is 3. The summed E-state index contributed by atoms with van der Waals surface area (Å²) in [4.78, 5) is 4.58. The fourth-order valence-corrected chi connectivity index (χ4v) is 6.91. The zero-order valence-corrected chi connectivity index (χ0v) is 28.4. The Morgan fingerprint density at radius 2 is 1.31 bits per heavy atom. The molecule has 0 aliphatic heterocycles. The van der Waals surface area contributed by atoms with Crippen molar-refractivity contribution in [2.45, 2.75) is 84.0 Å². The first kappa shape index (κ1) is 32.2. The molecule has 0 N–H and O–H groups in total. The van der Waals surface area contributed by atoms with Crippen LogP contribution in [0.25, 0.3) is 22.3 Å². The Bertz CT molecular complexity index is 1850. The van der Waals surface area contributed by atoms with E-state index in [2.05, 4.69) is 125 Å². The van der Waals surface area contributed by atoms with Crippen molar-refractivity contribution >= 4 is 20.7 Å². The lowest BCUT2D eigenvalue weighted by atomic mass is 9.92. The molecule has 6 nitrogen and oxygen atoms in total. The van der Waals surface area contributed by atoms with Gasteiger partial charge in [-0.05, 0) is 35.8 Å². The van der Waals surface area contributed by atoms with Crippen LogP contribution in [0.3, 0.4) is 0 Å². The standard InChI is InChI=1S/C38H44N3O3S/c1-10-45(42,43)34-19-13-18-32-33(20-21-39-35(32)34)44-38-40(36-28(24(2)3)14-11-15-29(36)25(4)5)22-23-41(38)37-30(26(6)7)16-12-17-31(37)27(8)9/h10-27H,1H2,2-9H3/q+1. The third-order valence-corrected chi connectivity index (χ3v) is 9.75. The Balaban J connectivity index is 1.88. The van der Waals surface area contributed by atoms with Crippen molar-refractivity contribution in [3.05, 3.63) is 113 Å². The number of benzene rings is 3. The highest BCUT2D eigenvalue weighted by Gasteiger charge is 2.32. The molecule has 7 heteroatoms. The monoisotopic (exact) mass is 622 g/mol. The predicted molar refractivity (Wildman–Crippen MR) is 183 cm³/mol. The van der Waals surface area contributed by atoms with Gasteiger partial charge in [0.05, 0.1) is 10.4 Å². The number of aromatic nitrogens is 3. The van der Waals surface area contributed by atoms with Gasteiger partial charge in [-0.3, -0.25) is 4.98 Å². The summed E-state index contributed by atoms with van der Waals surface area (Å²) in [5.74, 6) is 1.58. The number of sulfone groups is 1. The molecule has 5 aromatic rings. The molecule has 5 rings (SSSR count). The second-order valence-electron chi connectivity index (χ2n) is 12.8. The van der Waals surface area contributed by atoms with Crippen molar-refractivity contribution in [2.75, 3.05) is 0 Å². The van der Waals surface area contributed by atoms with E-state index >= 15 is 0 Å². The van der Waals surface area contributed by atoms with Gasteiger partial charge in [0.15, 0.2) is 0 Å². The van der Waals surface area contributed by atoms with Crippen molar-refractivity contribution in [3.8, 4) is 23.1 Å². The van der Waals surface area contributed by atoms with Crippen LogP contribution >= 0.6 is 0 Å². The zero-order chi connectivity index (χ0) is 32.6. The van der Waals surface area contributed by atoms with Gasteiger partial charge in [0.25, 0.3) is 0 Å². The van der Waals surface area contributed by atoms with E-state index in [1.807, 2.05) is 6.07 Å². The number of imidazole rings is 1. The molecule has 2 heterocycles. The molecule has 0 atom stereocenters. The number of hydrogen-bond acceptors (Lipinski definition) is 4. The van der Waals surface area contributed by atoms with Gasteiger partial charge in [0, 0.05) is 45.3 Å². The molecule has 0 unspecified atom stereocenters. The van der Waals surface area contributed by atoms with E-state index in [-0.39, 0.29) is 28.6 Å². The first-order chi connectivity index (χ1) is 21.4. The van der Waals surface area contributed by atoms with Crippen LogP contribution in [0.4, 0.5) is 0 Å². The van der Waals surface area contributed by atoms with E-state index in [1.54, 1.807) is 24.4 Å². The van der Waals surface area contributed by atoms with Crippen LogP contribution in [0.2, 0.25) is 0 Å². The van der Waals surface area contributed by atoms with E-state index in [4.69, 9.17) is 4.74 Å². The highest BCUT2D eigenvalue weighted by atomic mass is 32.2. The molecule has 0 aliphatic rings. The molecule has 2 aromatic heterocycles. The molecule has 45 heavy (non-hydrogen) atoms. The highest BCUT2D eigenvalue weighted by Crippen LogP contribution is 2.38. The second-order valence-corrected chi connectivity index (χ2v) is 14.6. The first-order valence-corrected chi connectivity index (χ1v) is 17.2. The van der Waals surface area contributed by atoms with Gasteiger partial charge in [-0.15, -0.1) is 0 Å². The molecule has 3 aromatic carbocycles. The Labute approximate surface area is 268 Å². The van der Waals surface area contributed by atoms with Crippen LogP contribution in [0.5, 0.6) is 11.8 Å². The third-order valence-electron chi connectivity index (χ3n) is 8.36. The summed E-state index contributed by atoms with van der Waals surface area (Å²) in [6, 6.07) is 20.5. The molecule has 0 fully saturated rings. The van der Waals surface area contributed by atoms with Crippen LogP contribution in [-0.4, -0.2) is 18.0 Å². The van der Waals surface area contributed by atoms with Gasteiger partial charge in [0.1, 0.15) is 29.5 Å². The Morgan fingerprint density at radius 1 is 0.778 bits per heavy atom. The minimum absolute atomic E-state index is 0.100. The van der Waals surface area contributed by atoms with Crippen molar-refractivity contribution in [2.24, 2.45) is 0 Å². The number of rotatable bonds is 10. The quantitative estimate of drug-likeness (QED) is 0.146. The van der Waals surface area contributed by atoms with Gasteiger partial charge in [-0.1, -0.05) is 104 Å². The molecule has 234 valence electrons. The number of para-hydroxylation sites is 3. The van der Waals surface area contributed by atoms with Crippen LogP contribution < -0.4 is 9.30 Å². The van der Waals surface area contributed by atoms with Gasteiger partial charge >= 0.3 is 6.01 Å². The number of ether oxygens (including phenoxy) is 1. The van der Waals surface area contributed by atoms with E-state index in [0.29, 0.717) is 22.7 Å². The van der Waals surface area contributed by atoms with Crippen molar-refractivity contribution in [1.29, 1.82) is 0 Å². The number of pyridine rings is 1. The maximum atomic E-state index is 12.9. The summed E-state index contributed by atoms with van der Waals surface area (Å²) in [6.07, 6.45) is 5.77. The summed E-state index contributed by atoms with van der Waals surface area (Å²) in [7, 11) is -3.73. The Hall–Kier alpha value is -4.23. The largest absolute Gasteiger partial charge is 0.472 e. The minimum atomic E-state index is -3.73. The van der Waals surface area contributed by atoms with E-state index in [9.17, 15) is 8.42 Å². The highest BCUT2D eigenvalue weighted by molar-refractivity contribution is 7.94. The summed E-state index contributed by atoms with van der Waals surface area (Å²) in [5, 5.41) is 1.56. The van der Waals surface area contributed by atoms with Crippen LogP contribution in [0.1, 0.15) is 101 Å². The average Bonchev–Trinajstić information content (AvgIpc) is 3.42. The minimum Gasteiger partial charge on any atom is -0.390 e. The van der Waals surface area contributed by atoms with Crippen LogP contribution in [0, 0.1) is 0 Å². The molecule has 0 bridgehead atoms. The lowest BCUT2D eigenvalue weighted by Gasteiger charge is -2.19. The van der Waals surface area contributed by atoms with Gasteiger partial charge in [-0.25, -0.2) is 8.42 Å². The molecule has 0 radical (unpaired) electrons. The number of fused-ring (bicyclic) bond motifs is 1. The van der Waals surface area contributed by atoms with Crippen molar-refractivity contribution in [3.63, 3.8) is 0 Å². The SMILES string of the molecule is C=CS(=O)(=O)c1cccc2c(Oc3n(-c4c(C(C)C)cccc4C(C)C)cc[n+]3-c3c(C(C)C)cccc3C(C)C)ccnc12. The van der Waals surface area contributed by atoms with Gasteiger partial charge < -0.3 is 4.74 Å². The van der Waals surface area contributed by atoms with Crippen molar-refractivity contribution < 1.29 is 17.7 Å². The summed E-state index contributed by atoms with van der Waals surface area (Å²) in [5.41, 5.74) is 7.40. The molecule has 0 spiro atoms. The zero-order valence-electron chi connectivity index (χ0n) is 27.6. The fourth-order valence-electron chi connectivity index (χ4n) is 6.03. The van der Waals surface area contributed by atoms with Crippen molar-refractivity contribution in [1.82, 2.24) is 9.55 Å². The maximum absolute atomic E-state index is 12.9. The van der Waals surface area contributed by atoms with Gasteiger partial charge in [-0.2, -0.15) is 9.13 Å². The Kier molecular flexibility index (Phi) is 9.04. The molecule has 0 saturated carbocycles. The summed E-state index contributed by atoms with van der Waals surface area (Å²) < 4.78 is 37.2. The maximum Gasteiger partial charge on any atom is 0.472 e. The smallest absolute Gasteiger partial charge is 0.390 e. The lowest BCUT2D eigenvalue weighted by Crippen LogP contribution is -2.34. The fraction of sp³-hybridized carbons (Fsp3) is 0.316. The topological polar surface area (TPSA) is 65.1 Å². The third kappa shape index (κ3) is 5.94. The Morgan fingerprint density at radius 3 is 1.84 bits per heavy atom. The lowest BCUT2D eigenvalue weighted by molar-refractivity contribution is -0.602. The van der Waals surface area contributed by atoms with Crippen LogP contribution in [0.15, 0.2) is 96.1 Å². The first-order valence-electron chi connectivity index (χ1n) is 15.7.